The monoisotopic (exact) mass is 384 g/mol. The standard InChI is InChI=1S/C21H15F3N2O2/c1-20(2)16-8-7-13(21(22,23)24)9-15(16)18(27)26(19(20)28)17-11-25-10-12-5-3-4-6-14(12)17/h3-11H,1-2H3. The molecule has 2 aromatic carbocycles. The van der Waals surface area contributed by atoms with Crippen molar-refractivity contribution in [3.63, 3.8) is 0 Å². The zero-order valence-electron chi connectivity index (χ0n) is 15.0. The average Bonchev–Trinajstić information content (AvgIpc) is 2.66. The second-order valence-corrected chi connectivity index (χ2v) is 7.21. The Hall–Kier alpha value is -3.22. The SMILES string of the molecule is CC1(C)C(=O)N(c2cncc3ccccc23)C(=O)c2cc(C(F)(F)F)ccc21. The fraction of sp³-hybridized carbons (Fsp3) is 0.190. The van der Waals surface area contributed by atoms with E-state index in [0.29, 0.717) is 10.8 Å². The number of carbonyl (C=O) groups is 2. The number of amides is 2. The van der Waals surface area contributed by atoms with Gasteiger partial charge in [0, 0.05) is 22.5 Å². The fourth-order valence-corrected chi connectivity index (χ4v) is 3.55. The highest BCUT2D eigenvalue weighted by Gasteiger charge is 2.46. The lowest BCUT2D eigenvalue weighted by molar-refractivity contribution is -0.137. The van der Waals surface area contributed by atoms with Gasteiger partial charge in [0.2, 0.25) is 5.91 Å². The molecule has 0 saturated heterocycles. The first-order valence-electron chi connectivity index (χ1n) is 8.56. The molecule has 0 saturated carbocycles. The zero-order chi connectivity index (χ0) is 20.3. The van der Waals surface area contributed by atoms with Gasteiger partial charge < -0.3 is 0 Å². The summed E-state index contributed by atoms with van der Waals surface area (Å²) in [5, 5.41) is 1.33. The highest BCUT2D eigenvalue weighted by molar-refractivity contribution is 6.29. The Morgan fingerprint density at radius 3 is 2.43 bits per heavy atom. The van der Waals surface area contributed by atoms with Crippen molar-refractivity contribution in [2.24, 2.45) is 0 Å². The molecular weight excluding hydrogens is 369 g/mol. The summed E-state index contributed by atoms with van der Waals surface area (Å²) >= 11 is 0. The Balaban J connectivity index is 1.97. The van der Waals surface area contributed by atoms with Crippen LogP contribution in [-0.4, -0.2) is 16.8 Å². The van der Waals surface area contributed by atoms with Gasteiger partial charge in [-0.3, -0.25) is 14.6 Å². The predicted molar refractivity (Wildman–Crippen MR) is 98.0 cm³/mol. The van der Waals surface area contributed by atoms with Gasteiger partial charge in [0.1, 0.15) is 0 Å². The number of pyridine rings is 1. The lowest BCUT2D eigenvalue weighted by Crippen LogP contribution is -2.52. The van der Waals surface area contributed by atoms with Crippen molar-refractivity contribution in [2.45, 2.75) is 25.4 Å². The van der Waals surface area contributed by atoms with Gasteiger partial charge in [-0.05, 0) is 31.5 Å². The number of alkyl halides is 3. The number of rotatable bonds is 1. The lowest BCUT2D eigenvalue weighted by atomic mass is 9.76. The van der Waals surface area contributed by atoms with Crippen molar-refractivity contribution in [2.75, 3.05) is 4.90 Å². The molecule has 0 spiro atoms. The number of halogens is 3. The van der Waals surface area contributed by atoms with E-state index in [1.165, 1.54) is 12.3 Å². The molecule has 2 amide bonds. The Kier molecular flexibility index (Phi) is 3.82. The smallest absolute Gasteiger partial charge is 0.273 e. The Morgan fingerprint density at radius 2 is 1.71 bits per heavy atom. The van der Waals surface area contributed by atoms with E-state index in [4.69, 9.17) is 0 Å². The third kappa shape index (κ3) is 2.58. The maximum Gasteiger partial charge on any atom is 0.416 e. The maximum atomic E-state index is 13.2. The molecule has 0 bridgehead atoms. The van der Waals surface area contributed by atoms with Crippen molar-refractivity contribution in [1.82, 2.24) is 4.98 Å². The molecule has 4 nitrogen and oxygen atoms in total. The van der Waals surface area contributed by atoms with Crippen molar-refractivity contribution in [1.29, 1.82) is 0 Å². The molecule has 0 fully saturated rings. The fourth-order valence-electron chi connectivity index (χ4n) is 3.55. The molecule has 0 atom stereocenters. The maximum absolute atomic E-state index is 13.2. The predicted octanol–water partition coefficient (Wildman–Crippen LogP) is 4.72. The number of imide groups is 1. The molecule has 1 aliphatic heterocycles. The summed E-state index contributed by atoms with van der Waals surface area (Å²) < 4.78 is 39.5. The van der Waals surface area contributed by atoms with Crippen LogP contribution in [-0.2, 0) is 16.4 Å². The van der Waals surface area contributed by atoms with Gasteiger partial charge in [0.15, 0.2) is 0 Å². The van der Waals surface area contributed by atoms with E-state index >= 15 is 0 Å². The van der Waals surface area contributed by atoms with E-state index in [-0.39, 0.29) is 16.8 Å². The quantitative estimate of drug-likeness (QED) is 0.571. The van der Waals surface area contributed by atoms with E-state index in [9.17, 15) is 22.8 Å². The van der Waals surface area contributed by atoms with Crippen LogP contribution in [0.25, 0.3) is 10.8 Å². The number of anilines is 1. The van der Waals surface area contributed by atoms with Crippen LogP contribution in [0.2, 0.25) is 0 Å². The Labute approximate surface area is 158 Å². The molecule has 2 heterocycles. The molecule has 7 heteroatoms. The molecule has 1 aliphatic rings. The highest BCUT2D eigenvalue weighted by Crippen LogP contribution is 2.41. The van der Waals surface area contributed by atoms with E-state index < -0.39 is 29.0 Å². The summed E-state index contributed by atoms with van der Waals surface area (Å²) in [4.78, 5) is 31.4. The molecule has 1 aromatic heterocycles. The first-order chi connectivity index (χ1) is 13.1. The van der Waals surface area contributed by atoms with Gasteiger partial charge in [-0.2, -0.15) is 13.2 Å². The van der Waals surface area contributed by atoms with Crippen LogP contribution in [0.4, 0.5) is 18.9 Å². The molecule has 142 valence electrons. The number of fused-ring (bicyclic) bond motifs is 2. The van der Waals surface area contributed by atoms with Crippen LogP contribution in [0.3, 0.4) is 0 Å². The van der Waals surface area contributed by atoms with E-state index in [1.54, 1.807) is 44.3 Å². The molecule has 0 aliphatic carbocycles. The van der Waals surface area contributed by atoms with E-state index in [2.05, 4.69) is 4.98 Å². The third-order valence-corrected chi connectivity index (χ3v) is 5.08. The number of carbonyl (C=O) groups excluding carboxylic acids is 2. The second-order valence-electron chi connectivity index (χ2n) is 7.21. The van der Waals surface area contributed by atoms with E-state index in [1.807, 2.05) is 0 Å². The normalized spacial score (nSPS) is 16.4. The van der Waals surface area contributed by atoms with Crippen molar-refractivity contribution < 1.29 is 22.8 Å². The summed E-state index contributed by atoms with van der Waals surface area (Å²) in [5.41, 5.74) is -1.71. The minimum atomic E-state index is -4.59. The van der Waals surface area contributed by atoms with Gasteiger partial charge in [0.05, 0.1) is 22.9 Å². The topological polar surface area (TPSA) is 50.3 Å². The van der Waals surface area contributed by atoms with Crippen molar-refractivity contribution >= 4 is 28.3 Å². The molecule has 0 unspecified atom stereocenters. The Morgan fingerprint density at radius 1 is 1.00 bits per heavy atom. The number of hydrogen-bond acceptors (Lipinski definition) is 3. The molecule has 4 rings (SSSR count). The number of hydrogen-bond donors (Lipinski definition) is 0. The van der Waals surface area contributed by atoms with Gasteiger partial charge in [-0.1, -0.05) is 30.3 Å². The van der Waals surface area contributed by atoms with Crippen molar-refractivity contribution in [3.8, 4) is 0 Å². The minimum absolute atomic E-state index is 0.132. The number of aromatic nitrogens is 1. The van der Waals surface area contributed by atoms with Crippen LogP contribution in [0, 0.1) is 0 Å². The van der Waals surface area contributed by atoms with Crippen LogP contribution in [0.1, 0.15) is 35.3 Å². The van der Waals surface area contributed by atoms with Crippen LogP contribution >= 0.6 is 0 Å². The zero-order valence-corrected chi connectivity index (χ0v) is 15.0. The summed E-state index contributed by atoms with van der Waals surface area (Å²) in [6, 6.07) is 10.0. The largest absolute Gasteiger partial charge is 0.416 e. The minimum Gasteiger partial charge on any atom is -0.273 e. The number of benzene rings is 2. The summed E-state index contributed by atoms with van der Waals surface area (Å²) in [6.45, 7) is 3.19. The van der Waals surface area contributed by atoms with Gasteiger partial charge in [-0.25, -0.2) is 4.90 Å². The van der Waals surface area contributed by atoms with Crippen LogP contribution < -0.4 is 4.90 Å². The number of nitrogens with zero attached hydrogens (tertiary/aromatic N) is 2. The first kappa shape index (κ1) is 18.2. The van der Waals surface area contributed by atoms with Gasteiger partial charge in [0.25, 0.3) is 5.91 Å². The second kappa shape index (κ2) is 5.89. The third-order valence-electron chi connectivity index (χ3n) is 5.08. The molecule has 0 N–H and O–H groups in total. The summed E-state index contributed by atoms with van der Waals surface area (Å²) in [5.74, 6) is -1.30. The molecule has 0 radical (unpaired) electrons. The first-order valence-corrected chi connectivity index (χ1v) is 8.56. The molecular formula is C21H15F3N2O2. The summed E-state index contributed by atoms with van der Waals surface area (Å²) in [7, 11) is 0. The lowest BCUT2D eigenvalue weighted by Gasteiger charge is -2.37. The Bertz CT molecular complexity index is 1130. The summed E-state index contributed by atoms with van der Waals surface area (Å²) in [6.07, 6.45) is -1.61. The molecule has 28 heavy (non-hydrogen) atoms. The van der Waals surface area contributed by atoms with Gasteiger partial charge in [-0.15, -0.1) is 0 Å². The van der Waals surface area contributed by atoms with Gasteiger partial charge >= 0.3 is 6.18 Å². The highest BCUT2D eigenvalue weighted by atomic mass is 19.4. The van der Waals surface area contributed by atoms with Crippen LogP contribution in [0.15, 0.2) is 54.9 Å². The average molecular weight is 384 g/mol. The molecule has 3 aromatic rings. The van der Waals surface area contributed by atoms with Crippen LogP contribution in [0.5, 0.6) is 0 Å². The van der Waals surface area contributed by atoms with E-state index in [0.717, 1.165) is 17.0 Å². The van der Waals surface area contributed by atoms with Crippen molar-refractivity contribution in [3.05, 3.63) is 71.5 Å².